The van der Waals surface area contributed by atoms with Crippen LogP contribution >= 0.6 is 0 Å². The number of hydrogen-bond acceptors (Lipinski definition) is 6. The topological polar surface area (TPSA) is 106 Å². The number of aliphatic hydroxyl groups is 1. The van der Waals surface area contributed by atoms with Crippen LogP contribution in [0.15, 0.2) is 48.7 Å². The maximum atomic E-state index is 14.8. The molecule has 3 aromatic rings. The van der Waals surface area contributed by atoms with Crippen LogP contribution in [0.4, 0.5) is 10.2 Å². The van der Waals surface area contributed by atoms with Crippen LogP contribution in [0.2, 0.25) is 0 Å². The molecule has 2 aromatic carbocycles. The van der Waals surface area contributed by atoms with Gasteiger partial charge in [0.2, 0.25) is 0 Å². The van der Waals surface area contributed by atoms with Crippen LogP contribution in [0.1, 0.15) is 41.0 Å². The van der Waals surface area contributed by atoms with E-state index < -0.39 is 23.9 Å². The molecule has 0 radical (unpaired) electrons. The molecule has 2 heterocycles. The van der Waals surface area contributed by atoms with Gasteiger partial charge < -0.3 is 24.8 Å². The van der Waals surface area contributed by atoms with Crippen molar-refractivity contribution in [2.24, 2.45) is 7.05 Å². The van der Waals surface area contributed by atoms with E-state index in [0.717, 1.165) is 12.5 Å². The molecule has 2 N–H and O–H groups in total. The number of halogens is 1. The number of nitrogens with one attached hydrogen (secondary N) is 1. The summed E-state index contributed by atoms with van der Waals surface area (Å²) in [6.45, 7) is 4.59. The lowest BCUT2D eigenvalue weighted by Crippen LogP contribution is -2.42. The minimum absolute atomic E-state index is 0.109. The number of aromatic nitrogens is 2. The third-order valence-electron chi connectivity index (χ3n) is 5.65. The Labute approximate surface area is 202 Å². The van der Waals surface area contributed by atoms with Gasteiger partial charge in [0, 0.05) is 49.6 Å². The molecule has 1 aliphatic rings. The van der Waals surface area contributed by atoms with Gasteiger partial charge in [0.15, 0.2) is 17.4 Å². The molecule has 0 unspecified atom stereocenters. The van der Waals surface area contributed by atoms with Crippen LogP contribution in [-0.4, -0.2) is 56.9 Å². The molecule has 1 aliphatic heterocycles. The van der Waals surface area contributed by atoms with E-state index in [1.807, 2.05) is 0 Å². The third kappa shape index (κ3) is 5.78. The number of amides is 2. The minimum atomic E-state index is -0.765. The second-order valence-electron chi connectivity index (χ2n) is 8.48. The van der Waals surface area contributed by atoms with Crippen LogP contribution in [0.25, 0.3) is 0 Å². The van der Waals surface area contributed by atoms with Crippen LogP contribution < -0.4 is 14.8 Å². The van der Waals surface area contributed by atoms with Gasteiger partial charge in [0.25, 0.3) is 11.8 Å². The number of rotatable bonds is 8. The van der Waals surface area contributed by atoms with E-state index in [1.54, 1.807) is 42.7 Å². The number of benzene rings is 2. The van der Waals surface area contributed by atoms with E-state index in [1.165, 1.54) is 30.3 Å². The molecule has 0 saturated carbocycles. The molecular formula is C25H27FN4O5. The first-order valence-corrected chi connectivity index (χ1v) is 11.3. The zero-order valence-corrected chi connectivity index (χ0v) is 19.7. The van der Waals surface area contributed by atoms with Crippen molar-refractivity contribution in [1.82, 2.24) is 14.7 Å². The number of carbonyl (C=O) groups excluding carboxylic acids is 2. The molecule has 10 heteroatoms. The Morgan fingerprint density at radius 1 is 1.09 bits per heavy atom. The first-order chi connectivity index (χ1) is 16.7. The third-order valence-corrected chi connectivity index (χ3v) is 5.65. The average molecular weight is 483 g/mol. The van der Waals surface area contributed by atoms with Crippen molar-refractivity contribution in [3.63, 3.8) is 0 Å². The number of nitrogens with zero attached hydrogens (tertiary/aromatic N) is 3. The summed E-state index contributed by atoms with van der Waals surface area (Å²) in [5, 5.41) is 16.6. The summed E-state index contributed by atoms with van der Waals surface area (Å²) in [4.78, 5) is 26.8. The predicted molar refractivity (Wildman–Crippen MR) is 126 cm³/mol. The van der Waals surface area contributed by atoms with Crippen LogP contribution in [0, 0.1) is 5.82 Å². The van der Waals surface area contributed by atoms with Gasteiger partial charge in [-0.25, -0.2) is 4.39 Å². The average Bonchev–Trinajstić information content (AvgIpc) is 3.18. The van der Waals surface area contributed by atoms with Gasteiger partial charge in [-0.15, -0.1) is 0 Å². The van der Waals surface area contributed by atoms with E-state index >= 15 is 0 Å². The van der Waals surface area contributed by atoms with Gasteiger partial charge in [-0.05, 0) is 50.6 Å². The number of likely N-dealkylation sites (tertiary alicyclic amines) is 1. The number of anilines is 1. The van der Waals surface area contributed by atoms with Gasteiger partial charge in [0.1, 0.15) is 17.6 Å². The standard InChI is InChI=1S/C25H27FN4O5/c1-15(31)16(2)34-19-11-18(24(32)27-23-7-10-29(3)28-23)12-20(14-19)35-22-6-5-17(13-21(22)26)25(33)30-8-4-9-30/h5-7,10-16,31H,4,8-9H2,1-3H3,(H,27,28,32)/t15-,16-/m1/s1. The Kier molecular flexibility index (Phi) is 7.02. The summed E-state index contributed by atoms with van der Waals surface area (Å²) >= 11 is 0. The normalized spacial score (nSPS) is 14.6. The van der Waals surface area contributed by atoms with Crippen molar-refractivity contribution in [2.75, 3.05) is 18.4 Å². The van der Waals surface area contributed by atoms with Crippen molar-refractivity contribution in [3.05, 3.63) is 65.6 Å². The highest BCUT2D eigenvalue weighted by molar-refractivity contribution is 6.04. The molecule has 4 rings (SSSR count). The first-order valence-electron chi connectivity index (χ1n) is 11.3. The molecule has 0 bridgehead atoms. The summed E-state index contributed by atoms with van der Waals surface area (Å²) in [5.74, 6) is -0.754. The Morgan fingerprint density at radius 3 is 2.43 bits per heavy atom. The maximum absolute atomic E-state index is 14.8. The summed E-state index contributed by atoms with van der Waals surface area (Å²) in [5.41, 5.74) is 0.429. The lowest BCUT2D eigenvalue weighted by Gasteiger charge is -2.30. The minimum Gasteiger partial charge on any atom is -0.488 e. The Bertz CT molecular complexity index is 1240. The van der Waals surface area contributed by atoms with E-state index in [2.05, 4.69) is 10.4 Å². The lowest BCUT2D eigenvalue weighted by atomic mass is 10.1. The van der Waals surface area contributed by atoms with Crippen molar-refractivity contribution in [2.45, 2.75) is 32.5 Å². The van der Waals surface area contributed by atoms with Crippen LogP contribution in [-0.2, 0) is 7.05 Å². The second kappa shape index (κ2) is 10.1. The Balaban J connectivity index is 1.59. The largest absolute Gasteiger partial charge is 0.488 e. The van der Waals surface area contributed by atoms with Gasteiger partial charge >= 0.3 is 0 Å². The van der Waals surface area contributed by atoms with Crippen molar-refractivity contribution in [3.8, 4) is 17.2 Å². The zero-order chi connectivity index (χ0) is 25.1. The number of aliphatic hydroxyl groups excluding tert-OH is 1. The summed E-state index contributed by atoms with van der Waals surface area (Å²) < 4.78 is 27.8. The summed E-state index contributed by atoms with van der Waals surface area (Å²) in [6.07, 6.45) is 1.30. The monoisotopic (exact) mass is 482 g/mol. The first kappa shape index (κ1) is 24.2. The molecule has 1 saturated heterocycles. The highest BCUT2D eigenvalue weighted by Gasteiger charge is 2.23. The molecular weight excluding hydrogens is 455 g/mol. The smallest absolute Gasteiger partial charge is 0.257 e. The van der Waals surface area contributed by atoms with Crippen molar-refractivity contribution < 1.29 is 28.6 Å². The Morgan fingerprint density at radius 2 is 1.83 bits per heavy atom. The zero-order valence-electron chi connectivity index (χ0n) is 19.7. The fourth-order valence-corrected chi connectivity index (χ4v) is 3.36. The van der Waals surface area contributed by atoms with Crippen LogP contribution in [0.3, 0.4) is 0 Å². The van der Waals surface area contributed by atoms with Crippen molar-refractivity contribution >= 4 is 17.6 Å². The van der Waals surface area contributed by atoms with Crippen LogP contribution in [0.5, 0.6) is 17.2 Å². The number of carbonyl (C=O) groups is 2. The van der Waals surface area contributed by atoms with Gasteiger partial charge in [-0.3, -0.25) is 14.3 Å². The Hall–Kier alpha value is -3.92. The maximum Gasteiger partial charge on any atom is 0.257 e. The molecule has 2 amide bonds. The number of hydrogen-bond donors (Lipinski definition) is 2. The second-order valence-corrected chi connectivity index (χ2v) is 8.48. The van der Waals surface area contributed by atoms with Gasteiger partial charge in [-0.1, -0.05) is 0 Å². The molecule has 0 spiro atoms. The molecule has 35 heavy (non-hydrogen) atoms. The summed E-state index contributed by atoms with van der Waals surface area (Å²) in [7, 11) is 1.73. The molecule has 184 valence electrons. The van der Waals surface area contributed by atoms with E-state index in [0.29, 0.717) is 18.9 Å². The molecule has 9 nitrogen and oxygen atoms in total. The quantitative estimate of drug-likeness (QED) is 0.508. The SMILES string of the molecule is C[C@@H](O)[C@@H](C)Oc1cc(Oc2ccc(C(=O)N3CCC3)cc2F)cc(C(=O)Nc2ccn(C)n2)c1. The predicted octanol–water partition coefficient (Wildman–Crippen LogP) is 3.60. The molecule has 2 atom stereocenters. The molecule has 1 fully saturated rings. The number of aryl methyl sites for hydroxylation is 1. The lowest BCUT2D eigenvalue weighted by molar-refractivity contribution is 0.0602. The fourth-order valence-electron chi connectivity index (χ4n) is 3.36. The van der Waals surface area contributed by atoms with E-state index in [4.69, 9.17) is 9.47 Å². The fraction of sp³-hybridized carbons (Fsp3) is 0.320. The van der Waals surface area contributed by atoms with Gasteiger partial charge in [0.05, 0.1) is 6.10 Å². The van der Waals surface area contributed by atoms with E-state index in [9.17, 15) is 19.1 Å². The summed E-state index contributed by atoms with van der Waals surface area (Å²) in [6, 6.07) is 10.1. The highest BCUT2D eigenvalue weighted by Crippen LogP contribution is 2.31. The highest BCUT2D eigenvalue weighted by atomic mass is 19.1. The molecule has 1 aromatic heterocycles. The van der Waals surface area contributed by atoms with E-state index in [-0.39, 0.29) is 34.3 Å². The number of ether oxygens (including phenoxy) is 2. The van der Waals surface area contributed by atoms with Gasteiger partial charge in [-0.2, -0.15) is 5.10 Å². The van der Waals surface area contributed by atoms with Crippen molar-refractivity contribution in [1.29, 1.82) is 0 Å². The molecule has 0 aliphatic carbocycles.